The molecule has 2 saturated carbocycles. The van der Waals surface area contributed by atoms with Gasteiger partial charge in [-0.25, -0.2) is 0 Å². The zero-order valence-electron chi connectivity index (χ0n) is 12.7. The van der Waals surface area contributed by atoms with Crippen LogP contribution in [0.1, 0.15) is 55.2 Å². The van der Waals surface area contributed by atoms with E-state index in [1.807, 2.05) is 12.1 Å². The SMILES string of the molecule is Cc1cc(O)cc2c1[C@@H]1CC[C@]3(C)C(=O)CC[C@H]3[C@H]1C=C2. The Morgan fingerprint density at radius 1 is 1.29 bits per heavy atom. The van der Waals surface area contributed by atoms with Crippen LogP contribution in [0.4, 0.5) is 0 Å². The summed E-state index contributed by atoms with van der Waals surface area (Å²) in [5.74, 6) is 2.35. The molecule has 0 spiro atoms. The first-order valence-corrected chi connectivity index (χ1v) is 8.06. The summed E-state index contributed by atoms with van der Waals surface area (Å²) in [5, 5.41) is 9.81. The molecule has 0 amide bonds. The van der Waals surface area contributed by atoms with Crippen LogP contribution in [0.2, 0.25) is 0 Å². The second-order valence-electron chi connectivity index (χ2n) is 7.33. The van der Waals surface area contributed by atoms with Crippen LogP contribution in [0.15, 0.2) is 18.2 Å². The van der Waals surface area contributed by atoms with Gasteiger partial charge in [-0.15, -0.1) is 0 Å². The number of ketones is 1. The maximum absolute atomic E-state index is 12.3. The van der Waals surface area contributed by atoms with E-state index in [0.29, 0.717) is 29.3 Å². The number of phenols is 1. The van der Waals surface area contributed by atoms with Crippen LogP contribution in [-0.2, 0) is 4.79 Å². The number of phenolic OH excluding ortho intramolecular Hbond substituents is 1. The van der Waals surface area contributed by atoms with E-state index < -0.39 is 0 Å². The number of hydrogen-bond donors (Lipinski definition) is 1. The highest BCUT2D eigenvalue weighted by Crippen LogP contribution is 2.59. The molecule has 110 valence electrons. The molecule has 0 heterocycles. The Morgan fingerprint density at radius 2 is 2.10 bits per heavy atom. The highest BCUT2D eigenvalue weighted by Gasteiger charge is 2.53. The molecule has 4 atom stereocenters. The van der Waals surface area contributed by atoms with E-state index in [1.54, 1.807) is 0 Å². The van der Waals surface area contributed by atoms with E-state index in [0.717, 1.165) is 25.7 Å². The summed E-state index contributed by atoms with van der Waals surface area (Å²) in [7, 11) is 0. The summed E-state index contributed by atoms with van der Waals surface area (Å²) in [5.41, 5.74) is 3.68. The Morgan fingerprint density at radius 3 is 2.90 bits per heavy atom. The van der Waals surface area contributed by atoms with Crippen molar-refractivity contribution in [1.29, 1.82) is 0 Å². The highest BCUT2D eigenvalue weighted by molar-refractivity contribution is 5.87. The lowest BCUT2D eigenvalue weighted by molar-refractivity contribution is -0.128. The molecule has 0 aliphatic heterocycles. The third-order valence-electron chi connectivity index (χ3n) is 6.31. The largest absolute Gasteiger partial charge is 0.508 e. The van der Waals surface area contributed by atoms with Crippen molar-refractivity contribution in [3.05, 3.63) is 34.9 Å². The first-order chi connectivity index (χ1) is 10.0. The number of allylic oxidation sites excluding steroid dienone is 1. The van der Waals surface area contributed by atoms with E-state index in [9.17, 15) is 9.90 Å². The van der Waals surface area contributed by atoms with Crippen molar-refractivity contribution in [1.82, 2.24) is 0 Å². The normalized spacial score (nSPS) is 37.0. The maximum atomic E-state index is 12.3. The van der Waals surface area contributed by atoms with Crippen molar-refractivity contribution in [3.8, 4) is 5.75 Å². The number of benzene rings is 1. The Kier molecular flexibility index (Phi) is 2.64. The topological polar surface area (TPSA) is 37.3 Å². The van der Waals surface area contributed by atoms with Crippen molar-refractivity contribution < 1.29 is 9.90 Å². The number of rotatable bonds is 0. The molecule has 1 N–H and O–H groups in total. The van der Waals surface area contributed by atoms with Gasteiger partial charge in [0.1, 0.15) is 11.5 Å². The number of aryl methyl sites for hydroxylation is 1. The zero-order valence-corrected chi connectivity index (χ0v) is 12.7. The highest BCUT2D eigenvalue weighted by atomic mass is 16.3. The van der Waals surface area contributed by atoms with Gasteiger partial charge in [0.05, 0.1) is 0 Å². The zero-order chi connectivity index (χ0) is 14.8. The molecule has 1 aromatic rings. The molecular weight excluding hydrogens is 260 g/mol. The first kappa shape index (κ1) is 13.1. The molecule has 0 saturated heterocycles. The number of carbonyl (C=O) groups excluding carboxylic acids is 1. The molecule has 2 heteroatoms. The Balaban J connectivity index is 1.80. The molecule has 21 heavy (non-hydrogen) atoms. The average Bonchev–Trinajstić information content (AvgIpc) is 2.74. The lowest BCUT2D eigenvalue weighted by atomic mass is 9.57. The first-order valence-electron chi connectivity index (χ1n) is 8.06. The lowest BCUT2D eigenvalue weighted by Crippen LogP contribution is -2.41. The standard InChI is InChI=1S/C19H22O2/c1-11-9-13(20)10-12-3-4-14-15(18(11)12)7-8-19(2)16(14)5-6-17(19)21/h3-4,9-10,14-16,20H,5-8H2,1-2H3/t14-,15+,16-,19-/m0/s1. The van der Waals surface area contributed by atoms with Gasteiger partial charge < -0.3 is 5.11 Å². The van der Waals surface area contributed by atoms with Crippen LogP contribution in [0.3, 0.4) is 0 Å². The van der Waals surface area contributed by atoms with Crippen molar-refractivity contribution in [2.24, 2.45) is 17.3 Å². The number of carbonyl (C=O) groups is 1. The Bertz CT molecular complexity index is 658. The predicted molar refractivity (Wildman–Crippen MR) is 83.2 cm³/mol. The van der Waals surface area contributed by atoms with Crippen LogP contribution in [0.5, 0.6) is 5.75 Å². The molecule has 2 nitrogen and oxygen atoms in total. The monoisotopic (exact) mass is 282 g/mol. The van der Waals surface area contributed by atoms with Crippen LogP contribution in [-0.4, -0.2) is 10.9 Å². The fourth-order valence-electron chi connectivity index (χ4n) is 5.24. The van der Waals surface area contributed by atoms with Crippen molar-refractivity contribution >= 4 is 11.9 Å². The van der Waals surface area contributed by atoms with Crippen LogP contribution in [0, 0.1) is 24.2 Å². The summed E-state index contributed by atoms with van der Waals surface area (Å²) < 4.78 is 0. The van der Waals surface area contributed by atoms with E-state index in [-0.39, 0.29) is 5.41 Å². The summed E-state index contributed by atoms with van der Waals surface area (Å²) in [6, 6.07) is 3.76. The molecule has 0 radical (unpaired) electrons. The smallest absolute Gasteiger partial charge is 0.139 e. The minimum Gasteiger partial charge on any atom is -0.508 e. The number of fused-ring (bicyclic) bond motifs is 5. The molecule has 1 aromatic carbocycles. The second-order valence-corrected chi connectivity index (χ2v) is 7.33. The fraction of sp³-hybridized carbons (Fsp3) is 0.526. The summed E-state index contributed by atoms with van der Waals surface area (Å²) in [6.45, 7) is 4.29. The van der Waals surface area contributed by atoms with Crippen molar-refractivity contribution in [2.45, 2.75) is 45.4 Å². The Hall–Kier alpha value is -1.57. The van der Waals surface area contributed by atoms with Gasteiger partial charge in [-0.05, 0) is 72.8 Å². The van der Waals surface area contributed by atoms with Gasteiger partial charge >= 0.3 is 0 Å². The molecule has 0 aromatic heterocycles. The predicted octanol–water partition coefficient (Wildman–Crippen LogP) is 4.21. The molecule has 0 unspecified atom stereocenters. The molecule has 3 aliphatic rings. The summed E-state index contributed by atoms with van der Waals surface area (Å²) >= 11 is 0. The molecule has 2 fully saturated rings. The molecular formula is C19H22O2. The van der Waals surface area contributed by atoms with Crippen molar-refractivity contribution in [2.75, 3.05) is 0 Å². The van der Waals surface area contributed by atoms with E-state index in [4.69, 9.17) is 0 Å². The maximum Gasteiger partial charge on any atom is 0.139 e. The van der Waals surface area contributed by atoms with Crippen LogP contribution < -0.4 is 0 Å². The summed E-state index contributed by atoms with van der Waals surface area (Å²) in [4.78, 5) is 12.3. The third kappa shape index (κ3) is 1.68. The van der Waals surface area contributed by atoms with E-state index in [2.05, 4.69) is 26.0 Å². The van der Waals surface area contributed by atoms with Crippen LogP contribution >= 0.6 is 0 Å². The quantitative estimate of drug-likeness (QED) is 0.774. The van der Waals surface area contributed by atoms with Gasteiger partial charge in [0.15, 0.2) is 0 Å². The fourth-order valence-corrected chi connectivity index (χ4v) is 5.24. The third-order valence-corrected chi connectivity index (χ3v) is 6.31. The van der Waals surface area contributed by atoms with Gasteiger partial charge in [0, 0.05) is 11.8 Å². The molecule has 0 bridgehead atoms. The molecule has 4 rings (SSSR count). The van der Waals surface area contributed by atoms with Gasteiger partial charge in [-0.3, -0.25) is 4.79 Å². The lowest BCUT2D eigenvalue weighted by Gasteiger charge is -2.46. The number of Topliss-reactive ketones (excluding diaryl/α,β-unsaturated/α-hetero) is 1. The van der Waals surface area contributed by atoms with E-state index >= 15 is 0 Å². The van der Waals surface area contributed by atoms with Gasteiger partial charge in [0.2, 0.25) is 0 Å². The average molecular weight is 282 g/mol. The van der Waals surface area contributed by atoms with Gasteiger partial charge in [-0.1, -0.05) is 19.1 Å². The summed E-state index contributed by atoms with van der Waals surface area (Å²) in [6.07, 6.45) is 8.40. The minimum atomic E-state index is -0.0895. The Labute approximate surface area is 125 Å². The minimum absolute atomic E-state index is 0.0895. The number of hydrogen-bond acceptors (Lipinski definition) is 2. The number of aromatic hydroxyl groups is 1. The van der Waals surface area contributed by atoms with Crippen molar-refractivity contribution in [3.63, 3.8) is 0 Å². The molecule has 3 aliphatic carbocycles. The van der Waals surface area contributed by atoms with E-state index in [1.165, 1.54) is 16.7 Å². The second kappa shape index (κ2) is 4.22. The van der Waals surface area contributed by atoms with Crippen LogP contribution in [0.25, 0.3) is 6.08 Å². The van der Waals surface area contributed by atoms with Gasteiger partial charge in [0.25, 0.3) is 0 Å². The van der Waals surface area contributed by atoms with Gasteiger partial charge in [-0.2, -0.15) is 0 Å².